The van der Waals surface area contributed by atoms with Crippen molar-refractivity contribution in [2.24, 2.45) is 0 Å². The van der Waals surface area contributed by atoms with Crippen molar-refractivity contribution in [1.29, 1.82) is 5.26 Å². The minimum Gasteiger partial charge on any atom is -0.292 e. The fourth-order valence-electron chi connectivity index (χ4n) is 1.83. The minimum atomic E-state index is -1.52. The highest BCUT2D eigenvalue weighted by Gasteiger charge is 2.27. The van der Waals surface area contributed by atoms with Crippen LogP contribution in [0.4, 0.5) is 13.2 Å². The summed E-state index contributed by atoms with van der Waals surface area (Å²) in [7, 11) is 0. The number of rotatable bonds is 3. The molecular formula is C15H8F3NO. The van der Waals surface area contributed by atoms with Crippen LogP contribution < -0.4 is 0 Å². The number of ketones is 1. The number of nitriles is 1. The molecule has 20 heavy (non-hydrogen) atoms. The Morgan fingerprint density at radius 3 is 2.30 bits per heavy atom. The first-order chi connectivity index (χ1) is 9.56. The van der Waals surface area contributed by atoms with Gasteiger partial charge in [-0.2, -0.15) is 5.26 Å². The maximum Gasteiger partial charge on any atom is 0.187 e. The van der Waals surface area contributed by atoms with E-state index in [0.29, 0.717) is 0 Å². The van der Waals surface area contributed by atoms with Crippen LogP contribution in [-0.2, 0) is 0 Å². The van der Waals surface area contributed by atoms with Crippen molar-refractivity contribution < 1.29 is 18.0 Å². The first-order valence-corrected chi connectivity index (χ1v) is 5.68. The van der Waals surface area contributed by atoms with Gasteiger partial charge in [-0.3, -0.25) is 4.79 Å². The van der Waals surface area contributed by atoms with Crippen LogP contribution in [0, 0.1) is 28.8 Å². The number of carbonyl (C=O) groups excluding carboxylic acids is 1. The quantitative estimate of drug-likeness (QED) is 0.803. The standard InChI is InChI=1S/C15H8F3NO/c16-12-6-2-1-4-9(12)11(8-19)15(20)10-5-3-7-13(17)14(10)18/h1-7,11H. The zero-order valence-corrected chi connectivity index (χ0v) is 10.1. The van der Waals surface area contributed by atoms with Gasteiger partial charge in [0.2, 0.25) is 0 Å². The molecule has 0 fully saturated rings. The second-order valence-electron chi connectivity index (χ2n) is 4.05. The van der Waals surface area contributed by atoms with Gasteiger partial charge >= 0.3 is 0 Å². The average molecular weight is 275 g/mol. The number of carbonyl (C=O) groups is 1. The van der Waals surface area contributed by atoms with Gasteiger partial charge in [-0.1, -0.05) is 24.3 Å². The molecule has 0 radical (unpaired) electrons. The van der Waals surface area contributed by atoms with Crippen molar-refractivity contribution in [3.05, 3.63) is 71.0 Å². The Morgan fingerprint density at radius 1 is 1.00 bits per heavy atom. The van der Waals surface area contributed by atoms with Gasteiger partial charge in [0.1, 0.15) is 11.7 Å². The Balaban J connectivity index is 2.49. The molecule has 1 atom stereocenters. The highest BCUT2D eigenvalue weighted by Crippen LogP contribution is 2.24. The van der Waals surface area contributed by atoms with Crippen molar-refractivity contribution in [3.8, 4) is 6.07 Å². The van der Waals surface area contributed by atoms with Crippen molar-refractivity contribution in [3.63, 3.8) is 0 Å². The van der Waals surface area contributed by atoms with E-state index in [4.69, 9.17) is 5.26 Å². The monoisotopic (exact) mass is 275 g/mol. The largest absolute Gasteiger partial charge is 0.292 e. The summed E-state index contributed by atoms with van der Waals surface area (Å²) < 4.78 is 40.3. The molecule has 0 amide bonds. The van der Waals surface area contributed by atoms with Gasteiger partial charge in [0, 0.05) is 5.56 Å². The summed E-state index contributed by atoms with van der Waals surface area (Å²) in [5.41, 5.74) is -0.733. The highest BCUT2D eigenvalue weighted by atomic mass is 19.2. The lowest BCUT2D eigenvalue weighted by Crippen LogP contribution is -2.15. The van der Waals surface area contributed by atoms with E-state index in [9.17, 15) is 18.0 Å². The molecule has 5 heteroatoms. The van der Waals surface area contributed by atoms with Crippen molar-refractivity contribution >= 4 is 5.78 Å². The van der Waals surface area contributed by atoms with Gasteiger partial charge < -0.3 is 0 Å². The average Bonchev–Trinajstić information content (AvgIpc) is 2.44. The van der Waals surface area contributed by atoms with Gasteiger partial charge in [0.05, 0.1) is 11.6 Å². The predicted octanol–water partition coefficient (Wildman–Crippen LogP) is 3.59. The summed E-state index contributed by atoms with van der Waals surface area (Å²) in [5, 5.41) is 9.04. The minimum absolute atomic E-state index is 0.163. The summed E-state index contributed by atoms with van der Waals surface area (Å²) in [4.78, 5) is 12.1. The number of Topliss-reactive ketones (excluding diaryl/α,β-unsaturated/α-hetero) is 1. The van der Waals surface area contributed by atoms with Crippen LogP contribution in [0.15, 0.2) is 42.5 Å². The van der Waals surface area contributed by atoms with E-state index >= 15 is 0 Å². The molecule has 0 aliphatic carbocycles. The van der Waals surface area contributed by atoms with Gasteiger partial charge in [-0.05, 0) is 18.2 Å². The third-order valence-corrected chi connectivity index (χ3v) is 2.82. The molecular weight excluding hydrogens is 267 g/mol. The van der Waals surface area contributed by atoms with E-state index in [-0.39, 0.29) is 5.56 Å². The summed E-state index contributed by atoms with van der Waals surface area (Å²) in [6, 6.07) is 9.91. The zero-order chi connectivity index (χ0) is 14.7. The third kappa shape index (κ3) is 2.41. The molecule has 0 aliphatic heterocycles. The number of hydrogen-bond acceptors (Lipinski definition) is 2. The lowest BCUT2D eigenvalue weighted by Gasteiger charge is -2.10. The number of hydrogen-bond donors (Lipinski definition) is 0. The number of halogens is 3. The molecule has 0 aliphatic rings. The van der Waals surface area contributed by atoms with Gasteiger partial charge in [0.15, 0.2) is 17.4 Å². The Kier molecular flexibility index (Phi) is 3.85. The molecule has 2 aromatic carbocycles. The van der Waals surface area contributed by atoms with E-state index in [1.54, 1.807) is 6.07 Å². The first-order valence-electron chi connectivity index (χ1n) is 5.68. The van der Waals surface area contributed by atoms with E-state index in [1.165, 1.54) is 18.2 Å². The molecule has 0 N–H and O–H groups in total. The Hall–Kier alpha value is -2.61. The van der Waals surface area contributed by atoms with Crippen LogP contribution in [0.1, 0.15) is 21.8 Å². The van der Waals surface area contributed by atoms with E-state index < -0.39 is 34.7 Å². The van der Waals surface area contributed by atoms with Crippen LogP contribution in [0.2, 0.25) is 0 Å². The van der Waals surface area contributed by atoms with Crippen molar-refractivity contribution in [2.75, 3.05) is 0 Å². The molecule has 0 aromatic heterocycles. The van der Waals surface area contributed by atoms with E-state index in [0.717, 1.165) is 24.3 Å². The Morgan fingerprint density at radius 2 is 1.65 bits per heavy atom. The van der Waals surface area contributed by atoms with Crippen LogP contribution >= 0.6 is 0 Å². The number of nitrogens with zero attached hydrogens (tertiary/aromatic N) is 1. The highest BCUT2D eigenvalue weighted by molar-refractivity contribution is 6.03. The summed E-state index contributed by atoms with van der Waals surface area (Å²) in [6.45, 7) is 0. The van der Waals surface area contributed by atoms with Gasteiger partial charge in [0.25, 0.3) is 0 Å². The molecule has 0 heterocycles. The second kappa shape index (κ2) is 5.57. The topological polar surface area (TPSA) is 40.9 Å². The smallest absolute Gasteiger partial charge is 0.187 e. The Labute approximate surface area is 113 Å². The SMILES string of the molecule is N#CC(C(=O)c1cccc(F)c1F)c1ccccc1F. The van der Waals surface area contributed by atoms with Gasteiger partial charge in [-0.25, -0.2) is 13.2 Å². The molecule has 0 saturated carbocycles. The second-order valence-corrected chi connectivity index (χ2v) is 4.05. The fourth-order valence-corrected chi connectivity index (χ4v) is 1.83. The number of benzene rings is 2. The zero-order valence-electron chi connectivity index (χ0n) is 10.1. The maximum atomic E-state index is 13.6. The Bertz CT molecular complexity index is 707. The lowest BCUT2D eigenvalue weighted by molar-refractivity contribution is 0.0972. The molecule has 0 bridgehead atoms. The summed E-state index contributed by atoms with van der Waals surface area (Å²) >= 11 is 0. The molecule has 100 valence electrons. The fraction of sp³-hybridized carbons (Fsp3) is 0.0667. The first kappa shape index (κ1) is 13.8. The lowest BCUT2D eigenvalue weighted by atomic mass is 9.91. The normalized spacial score (nSPS) is 11.7. The van der Waals surface area contributed by atoms with Gasteiger partial charge in [-0.15, -0.1) is 0 Å². The maximum absolute atomic E-state index is 13.6. The molecule has 2 aromatic rings. The van der Waals surface area contributed by atoms with E-state index in [2.05, 4.69) is 0 Å². The molecule has 1 unspecified atom stereocenters. The van der Waals surface area contributed by atoms with Crippen molar-refractivity contribution in [2.45, 2.75) is 5.92 Å². The molecule has 2 rings (SSSR count). The third-order valence-electron chi connectivity index (χ3n) is 2.82. The molecule has 0 spiro atoms. The predicted molar refractivity (Wildman–Crippen MR) is 65.4 cm³/mol. The van der Waals surface area contributed by atoms with Crippen LogP contribution in [0.5, 0.6) is 0 Å². The van der Waals surface area contributed by atoms with Crippen LogP contribution in [0.3, 0.4) is 0 Å². The van der Waals surface area contributed by atoms with Crippen LogP contribution in [0.25, 0.3) is 0 Å². The van der Waals surface area contributed by atoms with E-state index in [1.807, 2.05) is 0 Å². The van der Waals surface area contributed by atoms with Crippen molar-refractivity contribution in [1.82, 2.24) is 0 Å². The molecule has 0 saturated heterocycles. The summed E-state index contributed by atoms with van der Waals surface area (Å²) in [5.74, 6) is -5.78. The summed E-state index contributed by atoms with van der Waals surface area (Å²) in [6.07, 6.45) is 0. The molecule has 2 nitrogen and oxygen atoms in total. The van der Waals surface area contributed by atoms with Crippen LogP contribution in [-0.4, -0.2) is 5.78 Å².